The Labute approximate surface area is 158 Å². The maximum Gasteiger partial charge on any atom is 0.322 e. The van der Waals surface area contributed by atoms with Crippen LogP contribution in [0.1, 0.15) is 15.2 Å². The van der Waals surface area contributed by atoms with Crippen LogP contribution < -0.4 is 10.6 Å². The largest absolute Gasteiger partial charge is 0.480 e. The summed E-state index contributed by atoms with van der Waals surface area (Å²) in [6.45, 7) is 1.49. The molecule has 0 spiro atoms. The lowest BCUT2D eigenvalue weighted by Gasteiger charge is -2.06. The smallest absolute Gasteiger partial charge is 0.322 e. The first kappa shape index (κ1) is 18.5. The summed E-state index contributed by atoms with van der Waals surface area (Å²) in [6, 6.07) is 12.8. The van der Waals surface area contributed by atoms with Crippen LogP contribution in [0.4, 0.5) is 15.2 Å². The minimum absolute atomic E-state index is 0.303. The molecular weight excluding hydrogens is 369 g/mol. The van der Waals surface area contributed by atoms with E-state index in [2.05, 4.69) is 15.6 Å². The van der Waals surface area contributed by atoms with Crippen LogP contribution in [0.3, 0.4) is 0 Å². The number of carboxylic acid groups (broad SMARTS) is 1. The van der Waals surface area contributed by atoms with Crippen LogP contribution in [0.5, 0.6) is 0 Å². The van der Waals surface area contributed by atoms with Gasteiger partial charge >= 0.3 is 5.97 Å². The summed E-state index contributed by atoms with van der Waals surface area (Å²) in [7, 11) is 0. The maximum absolute atomic E-state index is 13.1. The van der Waals surface area contributed by atoms with E-state index in [0.29, 0.717) is 16.4 Å². The molecule has 0 aliphatic carbocycles. The average molecular weight is 385 g/mol. The third-order valence-electron chi connectivity index (χ3n) is 3.69. The fourth-order valence-corrected chi connectivity index (χ4v) is 3.30. The molecule has 1 heterocycles. The minimum atomic E-state index is -1.11. The molecule has 0 radical (unpaired) electrons. The number of hydrogen-bond donors (Lipinski definition) is 3. The number of halogens is 1. The zero-order valence-electron chi connectivity index (χ0n) is 14.3. The number of anilines is 2. The third kappa shape index (κ3) is 4.68. The second kappa shape index (κ2) is 7.96. The quantitative estimate of drug-likeness (QED) is 0.600. The van der Waals surface area contributed by atoms with Crippen molar-refractivity contribution in [1.82, 2.24) is 10.3 Å². The Kier molecular flexibility index (Phi) is 5.46. The van der Waals surface area contributed by atoms with Crippen LogP contribution in [0.15, 0.2) is 48.5 Å². The number of carbonyl (C=O) groups excluding carboxylic acids is 1. The van der Waals surface area contributed by atoms with Crippen molar-refractivity contribution in [2.75, 3.05) is 11.9 Å². The van der Waals surface area contributed by atoms with E-state index >= 15 is 0 Å². The van der Waals surface area contributed by atoms with E-state index in [1.165, 1.54) is 23.5 Å². The van der Waals surface area contributed by atoms with E-state index in [1.807, 2.05) is 6.92 Å². The lowest BCUT2D eigenvalue weighted by Crippen LogP contribution is -2.29. The van der Waals surface area contributed by atoms with Gasteiger partial charge in [0.2, 0.25) is 0 Å². The average Bonchev–Trinajstić information content (AvgIpc) is 3.00. The highest BCUT2D eigenvalue weighted by molar-refractivity contribution is 7.16. The van der Waals surface area contributed by atoms with E-state index in [9.17, 15) is 14.0 Å². The van der Waals surface area contributed by atoms with Crippen LogP contribution in [-0.4, -0.2) is 28.5 Å². The first-order chi connectivity index (χ1) is 12.9. The molecule has 1 amide bonds. The molecule has 2 aromatic carbocycles. The maximum atomic E-state index is 13.1. The summed E-state index contributed by atoms with van der Waals surface area (Å²) in [5.41, 5.74) is 2.57. The molecule has 3 rings (SSSR count). The Bertz CT molecular complexity index is 986. The van der Waals surface area contributed by atoms with Crippen molar-refractivity contribution >= 4 is 34.0 Å². The Morgan fingerprint density at radius 3 is 2.63 bits per heavy atom. The zero-order chi connectivity index (χ0) is 19.4. The van der Waals surface area contributed by atoms with Gasteiger partial charge in [-0.3, -0.25) is 9.59 Å². The standard InChI is InChI=1S/C19H16FN3O3S/c1-11-17(12-5-7-14(20)8-6-12)23-19(27-11)22-15-4-2-3-13(9-15)18(26)21-10-16(24)25/h2-9H,10H2,1H3,(H,21,26)(H,22,23)(H,24,25). The SMILES string of the molecule is Cc1sc(Nc2cccc(C(=O)NCC(=O)O)c2)nc1-c1ccc(F)cc1. The summed E-state index contributed by atoms with van der Waals surface area (Å²) in [5, 5.41) is 14.7. The number of carboxylic acids is 1. The summed E-state index contributed by atoms with van der Waals surface area (Å²) < 4.78 is 13.1. The molecule has 0 unspecified atom stereocenters. The van der Waals surface area contributed by atoms with Crippen LogP contribution in [-0.2, 0) is 4.79 Å². The fourth-order valence-electron chi connectivity index (χ4n) is 2.45. The molecular formula is C19H16FN3O3S. The molecule has 6 nitrogen and oxygen atoms in total. The molecule has 3 N–H and O–H groups in total. The molecule has 27 heavy (non-hydrogen) atoms. The van der Waals surface area contributed by atoms with E-state index in [4.69, 9.17) is 5.11 Å². The van der Waals surface area contributed by atoms with Crippen LogP contribution >= 0.6 is 11.3 Å². The lowest BCUT2D eigenvalue weighted by atomic mass is 10.1. The molecule has 3 aromatic rings. The summed E-state index contributed by atoms with van der Waals surface area (Å²) in [4.78, 5) is 28.1. The second-order valence-corrected chi connectivity index (χ2v) is 6.92. The lowest BCUT2D eigenvalue weighted by molar-refractivity contribution is -0.135. The monoisotopic (exact) mass is 385 g/mol. The predicted octanol–water partition coefficient (Wildman–Crippen LogP) is 3.82. The topological polar surface area (TPSA) is 91.3 Å². The van der Waals surface area contributed by atoms with Crippen molar-refractivity contribution in [1.29, 1.82) is 0 Å². The Morgan fingerprint density at radius 1 is 1.19 bits per heavy atom. The van der Waals surface area contributed by atoms with E-state index in [-0.39, 0.29) is 5.82 Å². The number of amides is 1. The Hall–Kier alpha value is -3.26. The van der Waals surface area contributed by atoms with E-state index in [1.54, 1.807) is 36.4 Å². The van der Waals surface area contributed by atoms with E-state index < -0.39 is 18.4 Å². The minimum Gasteiger partial charge on any atom is -0.480 e. The third-order valence-corrected chi connectivity index (χ3v) is 4.58. The molecule has 0 bridgehead atoms. The molecule has 1 aromatic heterocycles. The van der Waals surface area contributed by atoms with Gasteiger partial charge < -0.3 is 15.7 Å². The van der Waals surface area contributed by atoms with Crippen molar-refractivity contribution in [3.05, 3.63) is 64.8 Å². The van der Waals surface area contributed by atoms with Gasteiger partial charge in [0.15, 0.2) is 5.13 Å². The van der Waals surface area contributed by atoms with Gasteiger partial charge in [0.1, 0.15) is 12.4 Å². The normalized spacial score (nSPS) is 10.4. The van der Waals surface area contributed by atoms with Crippen LogP contribution in [0.2, 0.25) is 0 Å². The zero-order valence-corrected chi connectivity index (χ0v) is 15.1. The first-order valence-corrected chi connectivity index (χ1v) is 8.84. The van der Waals surface area contributed by atoms with Gasteiger partial charge in [0.25, 0.3) is 5.91 Å². The number of carbonyl (C=O) groups is 2. The number of aryl methyl sites for hydroxylation is 1. The number of benzene rings is 2. The number of aromatic nitrogens is 1. The number of aliphatic carboxylic acids is 1. The van der Waals surface area contributed by atoms with Gasteiger partial charge in [-0.2, -0.15) is 0 Å². The summed E-state index contributed by atoms with van der Waals surface area (Å²) >= 11 is 1.44. The molecule has 0 aliphatic rings. The van der Waals surface area contributed by atoms with Crippen molar-refractivity contribution in [3.63, 3.8) is 0 Å². The highest BCUT2D eigenvalue weighted by atomic mass is 32.1. The molecule has 8 heteroatoms. The number of thiazole rings is 1. The van der Waals surface area contributed by atoms with Gasteiger partial charge in [-0.05, 0) is 49.4 Å². The van der Waals surface area contributed by atoms with Gasteiger partial charge in [-0.1, -0.05) is 6.07 Å². The number of hydrogen-bond acceptors (Lipinski definition) is 5. The predicted molar refractivity (Wildman–Crippen MR) is 102 cm³/mol. The Balaban J connectivity index is 1.77. The van der Waals surface area contributed by atoms with Crippen molar-refractivity contribution < 1.29 is 19.1 Å². The Morgan fingerprint density at radius 2 is 1.93 bits per heavy atom. The van der Waals surface area contributed by atoms with E-state index in [0.717, 1.165) is 16.1 Å². The molecule has 0 saturated heterocycles. The molecule has 0 fully saturated rings. The molecule has 0 aliphatic heterocycles. The van der Waals surface area contributed by atoms with Crippen molar-refractivity contribution in [2.45, 2.75) is 6.92 Å². The van der Waals surface area contributed by atoms with Crippen LogP contribution in [0.25, 0.3) is 11.3 Å². The van der Waals surface area contributed by atoms with Gasteiger partial charge in [-0.25, -0.2) is 9.37 Å². The molecule has 138 valence electrons. The molecule has 0 atom stereocenters. The van der Waals surface area contributed by atoms with Gasteiger partial charge in [-0.15, -0.1) is 11.3 Å². The molecule has 0 saturated carbocycles. The van der Waals surface area contributed by atoms with Crippen LogP contribution in [0, 0.1) is 12.7 Å². The second-order valence-electron chi connectivity index (χ2n) is 5.71. The van der Waals surface area contributed by atoms with Crippen molar-refractivity contribution in [2.24, 2.45) is 0 Å². The fraction of sp³-hybridized carbons (Fsp3) is 0.105. The highest BCUT2D eigenvalue weighted by Crippen LogP contribution is 2.32. The van der Waals surface area contributed by atoms with Gasteiger partial charge in [0.05, 0.1) is 5.69 Å². The highest BCUT2D eigenvalue weighted by Gasteiger charge is 2.12. The van der Waals surface area contributed by atoms with Crippen molar-refractivity contribution in [3.8, 4) is 11.3 Å². The van der Waals surface area contributed by atoms with Gasteiger partial charge in [0, 0.05) is 21.7 Å². The first-order valence-electron chi connectivity index (χ1n) is 8.03. The number of nitrogens with zero attached hydrogens (tertiary/aromatic N) is 1. The summed E-state index contributed by atoms with van der Waals surface area (Å²) in [6.07, 6.45) is 0. The summed E-state index contributed by atoms with van der Waals surface area (Å²) in [5.74, 6) is -1.88. The number of rotatable bonds is 6. The number of nitrogens with one attached hydrogen (secondary N) is 2.